The van der Waals surface area contributed by atoms with Gasteiger partial charge in [0.05, 0.1) is 67.9 Å². The summed E-state index contributed by atoms with van der Waals surface area (Å²) in [5.41, 5.74) is 28.7. The Hall–Kier alpha value is -15.1. The first-order valence-corrected chi connectivity index (χ1v) is 45.3. The monoisotopic (exact) mass is 1870 g/mol. The molecule has 0 bridgehead atoms. The number of aromatic nitrogens is 4. The average molecular weight is 1880 g/mol. The van der Waals surface area contributed by atoms with Crippen molar-refractivity contribution >= 4 is 96.0 Å². The average Bonchev–Trinajstić information content (AvgIpc) is 1.68. The summed E-state index contributed by atoms with van der Waals surface area (Å²) >= 11 is 0. The number of nitrogens with one attached hydrogen (secondary N) is 3. The Morgan fingerprint density at radius 3 is 0.726 bits per heavy atom. The van der Waals surface area contributed by atoms with Gasteiger partial charge in [-0.3, -0.25) is 70.8 Å². The molecule has 13 rings (SSSR count). The highest BCUT2D eigenvalue weighted by molar-refractivity contribution is 5.76. The van der Waals surface area contributed by atoms with E-state index in [9.17, 15) is 75.2 Å². The van der Waals surface area contributed by atoms with Gasteiger partial charge in [0.15, 0.2) is 0 Å². The van der Waals surface area contributed by atoms with Crippen LogP contribution in [0, 0.1) is 104 Å². The molecular formula is C103H156FN17O14. The number of nitrogens with two attached hydrogens (primary N) is 3. The van der Waals surface area contributed by atoms with Crippen LogP contribution < -0.4 is 33.2 Å². The zero-order valence-electron chi connectivity index (χ0n) is 86.1. The number of hydrogen-bond acceptors (Lipinski definition) is 22. The fourth-order valence-corrected chi connectivity index (χ4v) is 9.58. The van der Waals surface area contributed by atoms with Crippen molar-refractivity contribution in [1.82, 2.24) is 19.1 Å². The molecule has 2 heterocycles. The lowest BCUT2D eigenvalue weighted by Gasteiger charge is -2.01. The predicted molar refractivity (Wildman–Crippen MR) is 570 cm³/mol. The number of anilines is 6. The van der Waals surface area contributed by atoms with Gasteiger partial charge in [0.25, 0.3) is 34.1 Å². The highest BCUT2D eigenvalue weighted by atomic mass is 19.1. The van der Waals surface area contributed by atoms with Crippen LogP contribution in [-0.2, 0) is 26.9 Å². The molecule has 0 atom stereocenters. The molecule has 0 saturated heterocycles. The maximum atomic E-state index is 12.4. The SMILES string of the molecule is CC.CC.CC.CC.CC.CC.CC.CC.CC.CC.CC.CCc1ccccc1N.CCc1ccccc1[N+](=O)[O-].CNc1ccccc1N.CNc1ccccc1[N+](=O)[O-].CNc1ccccc1[N+](=O)[O-].Cc1ccccc1[N+](=O)[O-].Cc1ccccc1[N+](=O)[O-].Cc1nc2ccccc2n1C.Cc1nc2ccccc2n1C.Nc1ccccc1[N+](=O)[O-].O=[N+]([O-])c1ccccc1F. The number of halogens is 1. The van der Waals surface area contributed by atoms with Gasteiger partial charge in [-0.15, -0.1) is 0 Å². The number of para-hydroxylation sites is 17. The molecule has 0 aliphatic rings. The summed E-state index contributed by atoms with van der Waals surface area (Å²) in [4.78, 5) is 77.2. The van der Waals surface area contributed by atoms with E-state index >= 15 is 0 Å². The number of aryl methyl sites for hydroxylation is 8. The Balaban J connectivity index is -0.000000181. The van der Waals surface area contributed by atoms with Crippen LogP contribution in [-0.4, -0.2) is 74.7 Å². The minimum Gasteiger partial charge on any atom is -0.399 e. The van der Waals surface area contributed by atoms with Gasteiger partial charge in [0.2, 0.25) is 5.82 Å². The third kappa shape index (κ3) is 57.6. The molecule has 13 aromatic rings. The lowest BCUT2D eigenvalue weighted by molar-refractivity contribution is -0.387. The van der Waals surface area contributed by atoms with Crippen LogP contribution in [0.1, 0.15) is 200 Å². The fraction of sp³-hybridized carbons (Fsp3) is 0.340. The van der Waals surface area contributed by atoms with E-state index in [4.69, 9.17) is 17.2 Å². The second kappa shape index (κ2) is 90.8. The number of nitrogen functional groups attached to an aromatic ring is 3. The molecule has 31 nitrogen and oxygen atoms in total. The lowest BCUT2D eigenvalue weighted by Crippen LogP contribution is -1.95. The van der Waals surface area contributed by atoms with Crippen LogP contribution in [0.2, 0.25) is 0 Å². The maximum absolute atomic E-state index is 12.4. The topological polar surface area (TPSA) is 452 Å². The predicted octanol–water partition coefficient (Wildman–Crippen LogP) is 30.3. The molecule has 744 valence electrons. The Morgan fingerprint density at radius 1 is 0.274 bits per heavy atom. The quantitative estimate of drug-likeness (QED) is 0.0376. The summed E-state index contributed by atoms with van der Waals surface area (Å²) in [6, 6.07) is 76.1. The zero-order chi connectivity index (χ0) is 106. The summed E-state index contributed by atoms with van der Waals surface area (Å²) in [7, 11) is 9.23. The van der Waals surface area contributed by atoms with E-state index in [2.05, 4.69) is 60.2 Å². The van der Waals surface area contributed by atoms with Gasteiger partial charge in [-0.25, -0.2) is 9.97 Å². The van der Waals surface area contributed by atoms with Crippen LogP contribution in [0.25, 0.3) is 22.1 Å². The summed E-state index contributed by atoms with van der Waals surface area (Å²) in [5, 5.41) is 80.1. The first-order chi connectivity index (χ1) is 64.9. The number of nitrogens with zero attached hydrogens (tertiary/aromatic N) is 11. The molecular weight excluding hydrogens is 1720 g/mol. The third-order valence-electron chi connectivity index (χ3n) is 15.8. The molecule has 0 fully saturated rings. The molecule has 11 aromatic carbocycles. The van der Waals surface area contributed by atoms with Crippen LogP contribution in [0.4, 0.5) is 78.3 Å². The number of benzene rings is 11. The largest absolute Gasteiger partial charge is 0.399 e. The van der Waals surface area contributed by atoms with E-state index < -0.39 is 31.2 Å². The molecule has 32 heteroatoms. The van der Waals surface area contributed by atoms with E-state index in [1.807, 2.05) is 279 Å². The van der Waals surface area contributed by atoms with Gasteiger partial charge in [0.1, 0.15) is 28.7 Å². The van der Waals surface area contributed by atoms with Crippen molar-refractivity contribution in [2.24, 2.45) is 14.1 Å². The number of fused-ring (bicyclic) bond motifs is 2. The van der Waals surface area contributed by atoms with Crippen LogP contribution in [0.3, 0.4) is 0 Å². The number of hydrogen-bond donors (Lipinski definition) is 6. The van der Waals surface area contributed by atoms with Crippen molar-refractivity contribution in [2.45, 2.75) is 207 Å². The molecule has 0 aliphatic heterocycles. The normalized spacial score (nSPS) is 8.49. The van der Waals surface area contributed by atoms with Gasteiger partial charge in [-0.2, -0.15) is 4.39 Å². The Bertz CT molecular complexity index is 4760. The Labute approximate surface area is 802 Å². The van der Waals surface area contributed by atoms with Crippen molar-refractivity contribution in [3.63, 3.8) is 0 Å². The second-order valence-corrected chi connectivity index (χ2v) is 23.2. The first kappa shape index (κ1) is 138. The number of nitro benzene ring substituents is 7. The Morgan fingerprint density at radius 2 is 0.504 bits per heavy atom. The van der Waals surface area contributed by atoms with E-state index in [0.29, 0.717) is 28.9 Å². The van der Waals surface area contributed by atoms with Crippen molar-refractivity contribution in [3.8, 4) is 0 Å². The van der Waals surface area contributed by atoms with Crippen molar-refractivity contribution < 1.29 is 38.9 Å². The molecule has 2 aromatic heterocycles. The highest BCUT2D eigenvalue weighted by Crippen LogP contribution is 2.25. The summed E-state index contributed by atoms with van der Waals surface area (Å²) in [6.45, 7) is 55.5. The number of nitro groups is 7. The maximum Gasteiger partial charge on any atom is 0.304 e. The van der Waals surface area contributed by atoms with Crippen LogP contribution in [0.15, 0.2) is 267 Å². The minimum absolute atomic E-state index is 0.0394. The highest BCUT2D eigenvalue weighted by Gasteiger charge is 2.14. The van der Waals surface area contributed by atoms with E-state index in [1.54, 1.807) is 125 Å². The van der Waals surface area contributed by atoms with Gasteiger partial charge in [-0.1, -0.05) is 324 Å². The van der Waals surface area contributed by atoms with Gasteiger partial charge < -0.3 is 42.3 Å². The number of imidazole rings is 2. The zero-order valence-corrected chi connectivity index (χ0v) is 86.1. The molecule has 9 N–H and O–H groups in total. The van der Waals surface area contributed by atoms with Gasteiger partial charge in [0, 0.05) is 100 Å². The number of rotatable bonds is 12. The van der Waals surface area contributed by atoms with Gasteiger partial charge in [-0.05, 0) is 113 Å². The van der Waals surface area contributed by atoms with Crippen LogP contribution >= 0.6 is 0 Å². The minimum atomic E-state index is -0.799. The third-order valence-corrected chi connectivity index (χ3v) is 15.8. The molecule has 0 amide bonds. The lowest BCUT2D eigenvalue weighted by atomic mass is 10.1. The van der Waals surface area contributed by atoms with Crippen molar-refractivity contribution in [3.05, 3.63) is 377 Å². The van der Waals surface area contributed by atoms with E-state index in [-0.39, 0.29) is 54.6 Å². The van der Waals surface area contributed by atoms with E-state index in [0.717, 1.165) is 63.9 Å². The smallest absolute Gasteiger partial charge is 0.304 e. The van der Waals surface area contributed by atoms with Crippen LogP contribution in [0.5, 0.6) is 0 Å². The van der Waals surface area contributed by atoms with Gasteiger partial charge >= 0.3 is 5.69 Å². The summed E-state index contributed by atoms with van der Waals surface area (Å²) in [6.07, 6.45) is 1.73. The standard InChI is InChI=1S/2C9H10N2.C8H9NO2.C8H11N.2C7H8N2O2.C7H10N2.2C7H7NO2.C6H4FNO2.C6H6N2O2.11C2H6/c2*1-7-10-8-5-3-4-6-9(8)11(7)2;1-2-7-5-3-4-6-8(7)9(10)11;1-2-7-5-3-4-6-8(7)9;2*1-8-6-4-2-3-5-7(6)9(10)11;1-9-7-5-3-2-4-6(7)8;2*1-6-4-2-3-5-7(6)8(9)10;2*7-5-3-1-2-4-6(5)8(9)10;11*1-2/h2*3-6H,1-2H3;3-6H,2H2,1H3;3-6H,2,9H2,1H3;2*2-5,8H,1H3;2-5,9H,8H2,1H3;2*2-5H,1H3;1-4H;1-4H,7H2;11*1-2H3. The fourth-order valence-electron chi connectivity index (χ4n) is 9.58. The molecule has 0 saturated carbocycles. The molecule has 0 radical (unpaired) electrons. The summed E-state index contributed by atoms with van der Waals surface area (Å²) < 4.78 is 16.6. The molecule has 0 aliphatic carbocycles. The van der Waals surface area contributed by atoms with Crippen molar-refractivity contribution in [2.75, 3.05) is 54.3 Å². The second-order valence-electron chi connectivity index (χ2n) is 23.2. The molecule has 135 heavy (non-hydrogen) atoms. The van der Waals surface area contributed by atoms with E-state index in [1.165, 1.54) is 71.2 Å². The summed E-state index contributed by atoms with van der Waals surface area (Å²) in [5.74, 6) is 1.32. The Kier molecular flexibility index (Phi) is 92.7. The molecule has 0 unspecified atom stereocenters. The van der Waals surface area contributed by atoms with Crippen molar-refractivity contribution in [1.29, 1.82) is 0 Å². The first-order valence-electron chi connectivity index (χ1n) is 45.3. The molecule has 0 spiro atoms.